The first-order valence-electron chi connectivity index (χ1n) is 0. The van der Waals surface area contributed by atoms with Gasteiger partial charge in [-0.15, -0.1) is 0 Å². The van der Waals surface area contributed by atoms with E-state index in [0.717, 1.165) is 0 Å². The molecule has 0 fully saturated rings. The van der Waals surface area contributed by atoms with Gasteiger partial charge in [-0.05, 0) is 0 Å². The van der Waals surface area contributed by atoms with E-state index in [0.29, 0.717) is 0 Å². The van der Waals surface area contributed by atoms with Gasteiger partial charge in [-0.2, -0.15) is 0 Å². The van der Waals surface area contributed by atoms with Crippen LogP contribution in [0.1, 0.15) is 0 Å². The summed E-state index contributed by atoms with van der Waals surface area (Å²) in [6.07, 6.45) is 0. The molecule has 6 heteroatoms. The second-order valence-electron chi connectivity index (χ2n) is 0. The fourth-order valence-corrected chi connectivity index (χ4v) is 0. The Kier molecular flexibility index (Phi) is 342. The van der Waals surface area contributed by atoms with E-state index < -0.39 is 0 Å². The quantitative estimate of drug-likeness (QED) is 0.433. The summed E-state index contributed by atoms with van der Waals surface area (Å²) in [5.74, 6) is 0. The zero-order chi connectivity index (χ0) is 0. The molecule has 0 N–H and O–H groups in total. The Morgan fingerprint density at radius 2 is 0.333 bits per heavy atom. The van der Waals surface area contributed by atoms with Crippen molar-refractivity contribution in [3.8, 4) is 0 Å². The summed E-state index contributed by atoms with van der Waals surface area (Å²) in [5, 5.41) is 0. The van der Waals surface area contributed by atoms with Crippen LogP contribution in [-0.2, 0) is 117 Å². The average Bonchev–Trinajstić information content (AvgIpc) is 0. The summed E-state index contributed by atoms with van der Waals surface area (Å²) >= 11 is 0. The molecule has 0 aromatic heterocycles. The van der Waals surface area contributed by atoms with Gasteiger partial charge < -0.3 is 5.48 Å². The van der Waals surface area contributed by atoms with Gasteiger partial charge in [0.25, 0.3) is 0 Å². The zero-order valence-electron chi connectivity index (χ0n) is 2.64. The zero-order valence-corrected chi connectivity index (χ0v) is 13.6. The van der Waals surface area contributed by atoms with Crippen molar-refractivity contribution in [2.45, 2.75) is 0 Å². The molecule has 0 bridgehead atoms. The van der Waals surface area contributed by atoms with Crippen molar-refractivity contribution in [1.82, 2.24) is 0 Å². The minimum atomic E-state index is 0. The number of hydrogen-bond donors (Lipinski definition) is 0. The third-order valence-corrected chi connectivity index (χ3v) is 0. The molecule has 0 aliphatic carbocycles. The molecule has 0 amide bonds. The van der Waals surface area contributed by atoms with E-state index in [2.05, 4.69) is 0 Å². The summed E-state index contributed by atoms with van der Waals surface area (Å²) in [7, 11) is 0. The van der Waals surface area contributed by atoms with E-state index in [1.165, 1.54) is 0 Å². The Labute approximate surface area is 115 Å². The van der Waals surface area contributed by atoms with Crippen LogP contribution in [0.15, 0.2) is 0 Å². The monoisotopic (exact) mass is 481 g/mol. The van der Waals surface area contributed by atoms with Crippen LogP contribution < -0.4 is 0 Å². The minimum absolute atomic E-state index is 0. The van der Waals surface area contributed by atoms with Gasteiger partial charge in [-0.3, -0.25) is 0 Å². The number of hydrogen-bond acceptors (Lipinski definition) is 0. The van der Waals surface area contributed by atoms with Crippen LogP contribution in [0, 0.1) is 0 Å². The molecule has 0 aliphatic heterocycles. The maximum atomic E-state index is 0. The third kappa shape index (κ3) is 25.4. The molecule has 0 spiro atoms. The van der Waals surface area contributed by atoms with Crippen molar-refractivity contribution in [2.75, 3.05) is 0 Å². The van der Waals surface area contributed by atoms with Crippen molar-refractivity contribution in [3.63, 3.8) is 0 Å². The van der Waals surface area contributed by atoms with Gasteiger partial charge in [-0.1, -0.05) is 0 Å². The first-order valence-corrected chi connectivity index (χ1v) is 0. The van der Waals surface area contributed by atoms with Gasteiger partial charge in [0.05, 0.1) is 0 Å². The summed E-state index contributed by atoms with van der Waals surface area (Å²) in [4.78, 5) is 0. The van der Waals surface area contributed by atoms with Crippen molar-refractivity contribution >= 4 is 0 Å². The summed E-state index contributed by atoms with van der Waals surface area (Å²) < 4.78 is 0. The van der Waals surface area contributed by atoms with Crippen LogP contribution >= 0.6 is 0 Å². The molecule has 1 nitrogen and oxygen atoms in total. The molecule has 6 heavy (non-hydrogen) atoms. The standard InChI is InChI=1S/5Nb.O/q5*+5;-2. The molecule has 0 rings (SSSR count). The predicted molar refractivity (Wildman–Crippen MR) is 0.686 cm³/mol. The Balaban J connectivity index is 0. The van der Waals surface area contributed by atoms with Crippen molar-refractivity contribution < 1.29 is 117 Å². The van der Waals surface area contributed by atoms with Crippen LogP contribution in [0.25, 0.3) is 0 Å². The smallest absolute Gasteiger partial charge is 2.00 e. The molecule has 0 aliphatic rings. The summed E-state index contributed by atoms with van der Waals surface area (Å²) in [5.41, 5.74) is 0. The SMILES string of the molecule is [Nb+5].[Nb+5].[Nb+5].[Nb+5].[Nb+5].[O-2]. The van der Waals surface area contributed by atoms with E-state index >= 15 is 0 Å². The van der Waals surface area contributed by atoms with Crippen molar-refractivity contribution in [1.29, 1.82) is 0 Å². The van der Waals surface area contributed by atoms with E-state index in [-0.39, 0.29) is 117 Å². The van der Waals surface area contributed by atoms with Gasteiger partial charge in [0.2, 0.25) is 0 Å². The first-order chi connectivity index (χ1) is 0. The van der Waals surface area contributed by atoms with E-state index in [1.54, 1.807) is 0 Å². The van der Waals surface area contributed by atoms with E-state index in [9.17, 15) is 0 Å². The molecule has 8 valence electrons. The van der Waals surface area contributed by atoms with Crippen LogP contribution in [0.3, 0.4) is 0 Å². The van der Waals surface area contributed by atoms with Gasteiger partial charge in [0.15, 0.2) is 0 Å². The van der Waals surface area contributed by atoms with E-state index in [1.807, 2.05) is 0 Å². The molecule has 0 saturated carbocycles. The maximum absolute atomic E-state index is 0. The first kappa shape index (κ1) is 54.1. The van der Waals surface area contributed by atoms with Gasteiger partial charge >= 0.3 is 112 Å². The average molecular weight is 481 g/mol. The second-order valence-corrected chi connectivity index (χ2v) is 0. The van der Waals surface area contributed by atoms with Gasteiger partial charge in [0, 0.05) is 0 Å². The molecule has 0 radical (unpaired) electrons. The molecule has 0 heterocycles. The molecule has 0 saturated heterocycles. The van der Waals surface area contributed by atoms with Gasteiger partial charge in [-0.25, -0.2) is 0 Å². The summed E-state index contributed by atoms with van der Waals surface area (Å²) in [6, 6.07) is 0. The molecule has 0 atom stereocenters. The Hall–Kier alpha value is 3.66. The van der Waals surface area contributed by atoms with Crippen LogP contribution in [0.5, 0.6) is 0 Å². The number of rotatable bonds is 0. The normalized spacial score (nSPS) is 0. The van der Waals surface area contributed by atoms with Crippen molar-refractivity contribution in [3.05, 3.63) is 0 Å². The molecular formula is Nb5O+23. The largest absolute Gasteiger partial charge is 5.00 e. The molecule has 0 aromatic rings. The Morgan fingerprint density at radius 3 is 0.333 bits per heavy atom. The molecule has 0 unspecified atom stereocenters. The van der Waals surface area contributed by atoms with Crippen LogP contribution in [0.4, 0.5) is 0 Å². The Morgan fingerprint density at radius 1 is 0.333 bits per heavy atom. The van der Waals surface area contributed by atoms with Crippen molar-refractivity contribution in [2.24, 2.45) is 0 Å². The van der Waals surface area contributed by atoms with Crippen LogP contribution in [0.2, 0.25) is 0 Å². The fourth-order valence-electron chi connectivity index (χ4n) is 0. The Bertz CT molecular complexity index is 3.90. The predicted octanol–water partition coefficient (Wildman–Crippen LogP) is -0.131. The molecular weight excluding hydrogens is 481 g/mol. The molecule has 0 aromatic carbocycles. The van der Waals surface area contributed by atoms with Crippen LogP contribution in [-0.4, -0.2) is 0 Å². The summed E-state index contributed by atoms with van der Waals surface area (Å²) in [6.45, 7) is 0. The third-order valence-electron chi connectivity index (χ3n) is 0. The second kappa shape index (κ2) is 37.9. The minimum Gasteiger partial charge on any atom is -2.00 e. The topological polar surface area (TPSA) is 28.5 Å². The fraction of sp³-hybridized carbons (Fsp3) is 0. The van der Waals surface area contributed by atoms with Gasteiger partial charge in [0.1, 0.15) is 0 Å². The maximum Gasteiger partial charge on any atom is 5.00 e. The van der Waals surface area contributed by atoms with E-state index in [4.69, 9.17) is 0 Å².